The molecular formula is C11H11F3O. The van der Waals surface area contributed by atoms with Gasteiger partial charge in [-0.25, -0.2) is 0 Å². The summed E-state index contributed by atoms with van der Waals surface area (Å²) in [6.45, 7) is 1.56. The van der Waals surface area contributed by atoms with Gasteiger partial charge in [-0.3, -0.25) is 0 Å². The Morgan fingerprint density at radius 2 is 1.87 bits per heavy atom. The van der Waals surface area contributed by atoms with Crippen LogP contribution >= 0.6 is 0 Å². The molecule has 2 rings (SSSR count). The molecule has 1 aromatic rings. The topological polar surface area (TPSA) is 20.2 Å². The Kier molecular flexibility index (Phi) is 2.08. The normalized spacial score (nSPS) is 30.3. The summed E-state index contributed by atoms with van der Waals surface area (Å²) in [5, 5.41) is 9.57. The Morgan fingerprint density at radius 1 is 1.33 bits per heavy atom. The molecule has 1 nitrogen and oxygen atoms in total. The van der Waals surface area contributed by atoms with Gasteiger partial charge in [-0.15, -0.1) is 0 Å². The summed E-state index contributed by atoms with van der Waals surface area (Å²) >= 11 is 0. The molecule has 1 aliphatic carbocycles. The average molecular weight is 216 g/mol. The summed E-state index contributed by atoms with van der Waals surface area (Å²) in [6, 6.07) is 5.43. The molecule has 2 unspecified atom stereocenters. The number of benzene rings is 1. The fourth-order valence-electron chi connectivity index (χ4n) is 1.86. The monoisotopic (exact) mass is 216 g/mol. The van der Waals surface area contributed by atoms with Gasteiger partial charge in [0.1, 0.15) is 0 Å². The highest BCUT2D eigenvalue weighted by Gasteiger charge is 2.52. The smallest absolute Gasteiger partial charge is 0.390 e. The van der Waals surface area contributed by atoms with Crippen LogP contribution in [0.5, 0.6) is 0 Å². The molecule has 1 saturated carbocycles. The zero-order valence-corrected chi connectivity index (χ0v) is 8.17. The Labute approximate surface area is 85.5 Å². The van der Waals surface area contributed by atoms with E-state index in [1.54, 1.807) is 13.0 Å². The van der Waals surface area contributed by atoms with Crippen molar-refractivity contribution in [1.29, 1.82) is 0 Å². The van der Waals surface area contributed by atoms with E-state index >= 15 is 0 Å². The molecular weight excluding hydrogens is 205 g/mol. The summed E-state index contributed by atoms with van der Waals surface area (Å²) < 4.78 is 37.8. The zero-order valence-electron chi connectivity index (χ0n) is 8.17. The van der Waals surface area contributed by atoms with Crippen LogP contribution in [-0.2, 0) is 6.18 Å². The van der Waals surface area contributed by atoms with E-state index in [9.17, 15) is 18.3 Å². The molecule has 0 aromatic heterocycles. The van der Waals surface area contributed by atoms with Crippen LogP contribution in [0.3, 0.4) is 0 Å². The molecule has 0 bridgehead atoms. The van der Waals surface area contributed by atoms with E-state index in [1.165, 1.54) is 12.1 Å². The number of alkyl halides is 3. The molecule has 1 fully saturated rings. The van der Waals surface area contributed by atoms with Crippen molar-refractivity contribution in [3.05, 3.63) is 35.4 Å². The maximum atomic E-state index is 12.6. The lowest BCUT2D eigenvalue weighted by atomic mass is 10.0. The number of hydrogen-bond donors (Lipinski definition) is 1. The quantitative estimate of drug-likeness (QED) is 0.765. The molecule has 0 heterocycles. The number of rotatable bonds is 1. The van der Waals surface area contributed by atoms with Crippen molar-refractivity contribution in [2.45, 2.75) is 31.0 Å². The van der Waals surface area contributed by atoms with Crippen LogP contribution < -0.4 is 0 Å². The molecule has 1 aromatic carbocycles. The minimum absolute atomic E-state index is 0.204. The van der Waals surface area contributed by atoms with E-state index in [2.05, 4.69) is 0 Å². The first kappa shape index (κ1) is 10.5. The third kappa shape index (κ3) is 1.86. The van der Waals surface area contributed by atoms with Gasteiger partial charge >= 0.3 is 6.18 Å². The SMILES string of the molecule is CC1(O)CC1c1ccccc1C(F)(F)F. The maximum Gasteiger partial charge on any atom is 0.416 e. The third-order valence-electron chi connectivity index (χ3n) is 2.85. The van der Waals surface area contributed by atoms with Gasteiger partial charge in [0, 0.05) is 5.92 Å². The minimum atomic E-state index is -4.34. The van der Waals surface area contributed by atoms with Crippen molar-refractivity contribution in [3.63, 3.8) is 0 Å². The lowest BCUT2D eigenvalue weighted by molar-refractivity contribution is -0.138. The summed E-state index contributed by atoms with van der Waals surface area (Å²) in [7, 11) is 0. The first-order chi connectivity index (χ1) is 6.82. The van der Waals surface area contributed by atoms with Gasteiger partial charge in [-0.05, 0) is 25.0 Å². The molecule has 4 heteroatoms. The van der Waals surface area contributed by atoms with Crippen molar-refractivity contribution in [2.24, 2.45) is 0 Å². The minimum Gasteiger partial charge on any atom is -0.390 e. The van der Waals surface area contributed by atoms with E-state index < -0.39 is 17.3 Å². The summed E-state index contributed by atoms with van der Waals surface area (Å²) in [4.78, 5) is 0. The number of hydrogen-bond acceptors (Lipinski definition) is 1. The van der Waals surface area contributed by atoms with Gasteiger partial charge in [0.05, 0.1) is 11.2 Å². The highest BCUT2D eigenvalue weighted by atomic mass is 19.4. The van der Waals surface area contributed by atoms with Crippen molar-refractivity contribution >= 4 is 0 Å². The molecule has 1 N–H and O–H groups in total. The van der Waals surface area contributed by atoms with Crippen LogP contribution in [0.1, 0.15) is 30.4 Å². The fourth-order valence-corrected chi connectivity index (χ4v) is 1.86. The van der Waals surface area contributed by atoms with E-state index in [0.717, 1.165) is 6.07 Å². The number of halogens is 3. The lowest BCUT2D eigenvalue weighted by Crippen LogP contribution is -2.11. The Morgan fingerprint density at radius 3 is 2.33 bits per heavy atom. The summed E-state index contributed by atoms with van der Waals surface area (Å²) in [5.41, 5.74) is -1.40. The Bertz CT molecular complexity index is 382. The van der Waals surface area contributed by atoms with E-state index in [0.29, 0.717) is 6.42 Å². The summed E-state index contributed by atoms with van der Waals surface area (Å²) in [6.07, 6.45) is -3.94. The molecule has 2 atom stereocenters. The van der Waals surface area contributed by atoms with Crippen LogP contribution in [0.25, 0.3) is 0 Å². The van der Waals surface area contributed by atoms with Gasteiger partial charge < -0.3 is 5.11 Å². The van der Waals surface area contributed by atoms with Crippen LogP contribution in [0.4, 0.5) is 13.2 Å². The Hall–Kier alpha value is -1.03. The second kappa shape index (κ2) is 2.98. The van der Waals surface area contributed by atoms with Crippen LogP contribution in [-0.4, -0.2) is 10.7 Å². The predicted octanol–water partition coefficient (Wildman–Crippen LogP) is 2.94. The van der Waals surface area contributed by atoms with Gasteiger partial charge in [0.25, 0.3) is 0 Å². The van der Waals surface area contributed by atoms with Crippen molar-refractivity contribution in [3.8, 4) is 0 Å². The van der Waals surface area contributed by atoms with Crippen molar-refractivity contribution in [1.82, 2.24) is 0 Å². The second-order valence-electron chi connectivity index (χ2n) is 4.20. The van der Waals surface area contributed by atoms with Gasteiger partial charge in [-0.2, -0.15) is 13.2 Å². The molecule has 0 saturated heterocycles. The molecule has 1 aliphatic rings. The zero-order chi connectivity index (χ0) is 11.3. The third-order valence-corrected chi connectivity index (χ3v) is 2.85. The standard InChI is InChI=1S/C11H11F3O/c1-10(15)6-9(10)7-4-2-3-5-8(7)11(12,13)14/h2-5,9,15H,6H2,1H3. The Balaban J connectivity index is 2.41. The predicted molar refractivity (Wildman–Crippen MR) is 49.4 cm³/mol. The fraction of sp³-hybridized carbons (Fsp3) is 0.455. The molecule has 82 valence electrons. The molecule has 15 heavy (non-hydrogen) atoms. The van der Waals surface area contributed by atoms with Gasteiger partial charge in [-0.1, -0.05) is 18.2 Å². The maximum absolute atomic E-state index is 12.6. The average Bonchev–Trinajstić information content (AvgIpc) is 2.74. The highest BCUT2D eigenvalue weighted by Crippen LogP contribution is 2.53. The number of aliphatic hydroxyl groups is 1. The molecule has 0 spiro atoms. The van der Waals surface area contributed by atoms with Crippen molar-refractivity contribution < 1.29 is 18.3 Å². The largest absolute Gasteiger partial charge is 0.416 e. The molecule has 0 amide bonds. The molecule has 0 radical (unpaired) electrons. The second-order valence-corrected chi connectivity index (χ2v) is 4.20. The highest BCUT2D eigenvalue weighted by molar-refractivity contribution is 5.39. The summed E-state index contributed by atoms with van der Waals surface area (Å²) in [5.74, 6) is -0.379. The van der Waals surface area contributed by atoms with Gasteiger partial charge in [0.2, 0.25) is 0 Å². The first-order valence-corrected chi connectivity index (χ1v) is 4.71. The van der Waals surface area contributed by atoms with E-state index in [4.69, 9.17) is 0 Å². The van der Waals surface area contributed by atoms with Crippen LogP contribution in [0.15, 0.2) is 24.3 Å². The van der Waals surface area contributed by atoms with E-state index in [1.807, 2.05) is 0 Å². The van der Waals surface area contributed by atoms with Crippen molar-refractivity contribution in [2.75, 3.05) is 0 Å². The molecule has 0 aliphatic heterocycles. The van der Waals surface area contributed by atoms with E-state index in [-0.39, 0.29) is 11.5 Å². The van der Waals surface area contributed by atoms with Crippen LogP contribution in [0.2, 0.25) is 0 Å². The first-order valence-electron chi connectivity index (χ1n) is 4.71. The van der Waals surface area contributed by atoms with Crippen LogP contribution in [0, 0.1) is 0 Å². The van der Waals surface area contributed by atoms with Gasteiger partial charge in [0.15, 0.2) is 0 Å². The lowest BCUT2D eigenvalue weighted by Gasteiger charge is -2.13.